The molecule has 0 radical (unpaired) electrons. The van der Waals surface area contributed by atoms with Crippen LogP contribution in [0, 0.1) is 35.5 Å². The number of hydrogen-bond acceptors (Lipinski definition) is 5. The Morgan fingerprint density at radius 3 is 2.65 bits per heavy atom. The first-order valence-corrected chi connectivity index (χ1v) is 14.1. The molecular weight excluding hydrogens is 515 g/mol. The molecule has 2 unspecified atom stereocenters. The highest BCUT2D eigenvalue weighted by Gasteiger charge is 2.50. The summed E-state index contributed by atoms with van der Waals surface area (Å²) in [6.07, 6.45) is 5.78. The molecule has 1 aromatic carbocycles. The van der Waals surface area contributed by atoms with Crippen LogP contribution in [0.3, 0.4) is 0 Å². The smallest absolute Gasteiger partial charge is 0.261 e. The summed E-state index contributed by atoms with van der Waals surface area (Å²) in [6.45, 7) is 4.95. The van der Waals surface area contributed by atoms with Gasteiger partial charge in [-0.05, 0) is 62.0 Å². The van der Waals surface area contributed by atoms with Crippen molar-refractivity contribution in [1.82, 2.24) is 10.2 Å². The maximum atomic E-state index is 13.8. The van der Waals surface area contributed by atoms with Gasteiger partial charge in [0.25, 0.3) is 5.91 Å². The van der Waals surface area contributed by atoms with Crippen molar-refractivity contribution in [2.24, 2.45) is 35.5 Å². The average molecular weight is 552 g/mol. The van der Waals surface area contributed by atoms with Crippen LogP contribution in [0.5, 0.6) is 5.75 Å². The topological polar surface area (TPSA) is 92.8 Å². The normalized spacial score (nSPS) is 27.4. The number of aldehydes is 1. The summed E-state index contributed by atoms with van der Waals surface area (Å²) in [5, 5.41) is 3.58. The number of rotatable bonds is 11. The van der Waals surface area contributed by atoms with E-state index in [4.69, 9.17) is 27.9 Å². The van der Waals surface area contributed by atoms with Gasteiger partial charge >= 0.3 is 0 Å². The van der Waals surface area contributed by atoms with Crippen LogP contribution >= 0.6 is 23.2 Å². The fourth-order valence-electron chi connectivity index (χ4n) is 6.40. The molecule has 37 heavy (non-hydrogen) atoms. The Morgan fingerprint density at radius 1 is 1.19 bits per heavy atom. The van der Waals surface area contributed by atoms with Crippen molar-refractivity contribution in [2.75, 3.05) is 19.7 Å². The third kappa shape index (κ3) is 6.31. The number of likely N-dealkylation sites (tertiary alicyclic amines) is 1. The molecule has 3 aliphatic rings. The monoisotopic (exact) mass is 550 g/mol. The highest BCUT2D eigenvalue weighted by molar-refractivity contribution is 6.42. The molecule has 0 aromatic heterocycles. The summed E-state index contributed by atoms with van der Waals surface area (Å²) in [7, 11) is 0. The number of nitrogens with zero attached hydrogens (tertiary/aromatic N) is 1. The van der Waals surface area contributed by atoms with Crippen LogP contribution in [0.25, 0.3) is 0 Å². The van der Waals surface area contributed by atoms with E-state index in [1.807, 2.05) is 13.8 Å². The first kappa shape index (κ1) is 27.9. The van der Waals surface area contributed by atoms with Gasteiger partial charge in [-0.25, -0.2) is 0 Å². The van der Waals surface area contributed by atoms with Gasteiger partial charge in [0, 0.05) is 36.9 Å². The molecule has 4 rings (SSSR count). The van der Waals surface area contributed by atoms with E-state index in [1.54, 1.807) is 23.1 Å². The molecule has 202 valence electrons. The second-order valence-electron chi connectivity index (χ2n) is 11.0. The van der Waals surface area contributed by atoms with E-state index in [0.29, 0.717) is 47.6 Å². The van der Waals surface area contributed by atoms with Gasteiger partial charge in [-0.1, -0.05) is 43.5 Å². The Kier molecular flexibility index (Phi) is 9.17. The minimum absolute atomic E-state index is 0.0131. The van der Waals surface area contributed by atoms with E-state index in [2.05, 4.69) is 5.32 Å². The number of hydrogen-bond donors (Lipinski definition) is 1. The number of amides is 2. The Morgan fingerprint density at radius 2 is 1.97 bits per heavy atom. The van der Waals surface area contributed by atoms with Gasteiger partial charge in [0.05, 0.1) is 16.1 Å². The number of Topliss-reactive ketones (excluding diaryl/α,β-unsaturated/α-hetero) is 1. The van der Waals surface area contributed by atoms with Crippen molar-refractivity contribution >= 4 is 47.1 Å². The van der Waals surface area contributed by atoms with Crippen LogP contribution in [-0.2, 0) is 19.2 Å². The summed E-state index contributed by atoms with van der Waals surface area (Å²) >= 11 is 12.0. The summed E-state index contributed by atoms with van der Waals surface area (Å²) in [6, 6.07) is 4.38. The molecule has 0 spiro atoms. The second-order valence-corrected chi connectivity index (χ2v) is 11.8. The van der Waals surface area contributed by atoms with Crippen molar-refractivity contribution in [3.05, 3.63) is 28.2 Å². The molecule has 2 aliphatic heterocycles. The van der Waals surface area contributed by atoms with Gasteiger partial charge in [-0.2, -0.15) is 0 Å². The highest BCUT2D eigenvalue weighted by atomic mass is 35.5. The standard InChI is InChI=1S/C28H36Cl2N2O5/c1-16(10-18(14-33)11-19-8-9-31-28(19)36)17(2)27(35)26-22-5-3-4-20(22)13-32(26)25(34)15-37-21-6-7-23(29)24(30)12-21/h6-7,12,14,16-20,22,26H,3-5,8-11,13,15H2,1-2H3,(H,31,36)/t16?,17-,18+,19+,20?,22+,26+/m1/s1. The van der Waals surface area contributed by atoms with Crippen LogP contribution in [0.15, 0.2) is 18.2 Å². The summed E-state index contributed by atoms with van der Waals surface area (Å²) in [5.41, 5.74) is 0. The van der Waals surface area contributed by atoms with Gasteiger partial charge in [0.2, 0.25) is 5.91 Å². The number of fused-ring (bicyclic) bond motifs is 1. The number of nitrogens with one attached hydrogen (secondary N) is 1. The number of carbonyl (C=O) groups excluding carboxylic acids is 4. The molecule has 2 amide bonds. The van der Waals surface area contributed by atoms with E-state index in [-0.39, 0.29) is 53.8 Å². The lowest BCUT2D eigenvalue weighted by molar-refractivity contribution is -0.142. The van der Waals surface area contributed by atoms with Crippen LogP contribution < -0.4 is 10.1 Å². The molecule has 2 heterocycles. The SMILES string of the molecule is CC(C[C@H](C=O)C[C@@H]1CCNC1=O)[C@@H](C)C(=O)[C@@H]1[C@H]2CCCC2CN1C(=O)COc1ccc(Cl)c(Cl)c1. The van der Waals surface area contributed by atoms with Gasteiger partial charge in [0.1, 0.15) is 12.0 Å². The van der Waals surface area contributed by atoms with E-state index in [1.165, 1.54) is 0 Å². The van der Waals surface area contributed by atoms with Gasteiger partial charge in [0.15, 0.2) is 12.4 Å². The molecule has 1 aromatic rings. The Bertz CT molecular complexity index is 1030. The lowest BCUT2D eigenvalue weighted by Gasteiger charge is -2.31. The Hall–Kier alpha value is -2.12. The molecule has 1 aliphatic carbocycles. The zero-order valence-corrected chi connectivity index (χ0v) is 23.0. The van der Waals surface area contributed by atoms with Crippen LogP contribution in [0.1, 0.15) is 52.4 Å². The minimum atomic E-state index is -0.467. The van der Waals surface area contributed by atoms with Crippen molar-refractivity contribution in [3.63, 3.8) is 0 Å². The molecule has 2 saturated heterocycles. The van der Waals surface area contributed by atoms with Crippen molar-refractivity contribution in [1.29, 1.82) is 0 Å². The number of ether oxygens (including phenoxy) is 1. The molecule has 3 fully saturated rings. The average Bonchev–Trinajstić information content (AvgIpc) is 3.59. The highest BCUT2D eigenvalue weighted by Crippen LogP contribution is 2.44. The van der Waals surface area contributed by atoms with E-state index in [0.717, 1.165) is 32.0 Å². The summed E-state index contributed by atoms with van der Waals surface area (Å²) < 4.78 is 5.70. The van der Waals surface area contributed by atoms with Crippen molar-refractivity contribution in [3.8, 4) is 5.75 Å². The second kappa shape index (κ2) is 12.2. The van der Waals surface area contributed by atoms with Crippen LogP contribution in [-0.4, -0.2) is 54.5 Å². The third-order valence-electron chi connectivity index (χ3n) is 8.68. The predicted molar refractivity (Wildman–Crippen MR) is 142 cm³/mol. The lowest BCUT2D eigenvalue weighted by Crippen LogP contribution is -2.48. The number of benzene rings is 1. The molecule has 7 nitrogen and oxygen atoms in total. The van der Waals surface area contributed by atoms with Crippen molar-refractivity contribution < 1.29 is 23.9 Å². The quantitative estimate of drug-likeness (QED) is 0.407. The first-order valence-electron chi connectivity index (χ1n) is 13.3. The van der Waals surface area contributed by atoms with Gasteiger partial charge in [-0.15, -0.1) is 0 Å². The van der Waals surface area contributed by atoms with E-state index < -0.39 is 6.04 Å². The number of ketones is 1. The molecule has 0 bridgehead atoms. The van der Waals surface area contributed by atoms with Crippen LogP contribution in [0.4, 0.5) is 0 Å². The molecule has 7 atom stereocenters. The summed E-state index contributed by atoms with van der Waals surface area (Å²) in [5.74, 6) is 0.0543. The Balaban J connectivity index is 1.40. The summed E-state index contributed by atoms with van der Waals surface area (Å²) in [4.78, 5) is 52.6. The maximum absolute atomic E-state index is 13.8. The van der Waals surface area contributed by atoms with Gasteiger partial charge in [-0.3, -0.25) is 14.4 Å². The number of carbonyl (C=O) groups is 4. The zero-order chi connectivity index (χ0) is 26.7. The molecular formula is C28H36Cl2N2O5. The van der Waals surface area contributed by atoms with Crippen molar-refractivity contribution in [2.45, 2.75) is 58.4 Å². The predicted octanol–water partition coefficient (Wildman–Crippen LogP) is 4.57. The fourth-order valence-corrected chi connectivity index (χ4v) is 6.68. The zero-order valence-electron chi connectivity index (χ0n) is 21.5. The maximum Gasteiger partial charge on any atom is 0.261 e. The molecule has 9 heteroatoms. The first-order chi connectivity index (χ1) is 17.7. The third-order valence-corrected chi connectivity index (χ3v) is 9.41. The lowest BCUT2D eigenvalue weighted by atomic mass is 9.78. The van der Waals surface area contributed by atoms with E-state index >= 15 is 0 Å². The van der Waals surface area contributed by atoms with E-state index in [9.17, 15) is 19.2 Å². The fraction of sp³-hybridized carbons (Fsp3) is 0.643. The molecule has 1 N–H and O–H groups in total. The Labute approximate surface area is 228 Å². The largest absolute Gasteiger partial charge is 0.484 e. The minimum Gasteiger partial charge on any atom is -0.484 e. The molecule has 1 saturated carbocycles. The van der Waals surface area contributed by atoms with Crippen LogP contribution in [0.2, 0.25) is 10.0 Å². The number of halogens is 2. The van der Waals surface area contributed by atoms with Gasteiger partial charge < -0.3 is 19.7 Å².